The minimum Gasteiger partial charge on any atom is -0.444 e. The Hall–Kier alpha value is -2.32. The fourth-order valence-corrected chi connectivity index (χ4v) is 5.21. The minimum atomic E-state index is -0.451. The number of piperazine rings is 1. The molecule has 34 heavy (non-hydrogen) atoms. The van der Waals surface area contributed by atoms with Gasteiger partial charge in [-0.3, -0.25) is 9.58 Å². The van der Waals surface area contributed by atoms with E-state index in [4.69, 9.17) is 20.3 Å². The summed E-state index contributed by atoms with van der Waals surface area (Å²) in [6.07, 6.45) is 6.46. The highest BCUT2D eigenvalue weighted by Crippen LogP contribution is 2.35. The van der Waals surface area contributed by atoms with E-state index in [9.17, 15) is 4.79 Å². The van der Waals surface area contributed by atoms with Crippen LogP contribution in [0, 0.1) is 0 Å². The maximum atomic E-state index is 12.3. The quantitative estimate of drug-likeness (QED) is 0.659. The number of aromatic nitrogens is 2. The molecule has 2 N–H and O–H groups in total. The number of nitrogens with two attached hydrogens (primary N) is 1. The summed E-state index contributed by atoms with van der Waals surface area (Å²) in [7, 11) is 1.71. The average molecular weight is 472 g/mol. The van der Waals surface area contributed by atoms with E-state index in [2.05, 4.69) is 21.8 Å². The summed E-state index contributed by atoms with van der Waals surface area (Å²) in [4.78, 5) is 16.7. The van der Waals surface area contributed by atoms with Gasteiger partial charge in [0.1, 0.15) is 5.60 Å². The summed E-state index contributed by atoms with van der Waals surface area (Å²) in [6, 6.07) is 5.07. The van der Waals surface area contributed by atoms with Crippen LogP contribution in [0.5, 0.6) is 0 Å². The fourth-order valence-electron chi connectivity index (χ4n) is 5.21. The third-order valence-corrected chi connectivity index (χ3v) is 7.38. The summed E-state index contributed by atoms with van der Waals surface area (Å²) in [5.41, 5.74) is 8.13. The fraction of sp³-hybridized carbons (Fsp3) is 0.692. The van der Waals surface area contributed by atoms with E-state index >= 15 is 0 Å². The van der Waals surface area contributed by atoms with Gasteiger partial charge in [0.15, 0.2) is 0 Å². The van der Waals surface area contributed by atoms with Gasteiger partial charge in [-0.1, -0.05) is 0 Å². The first-order valence-corrected chi connectivity index (χ1v) is 12.5. The van der Waals surface area contributed by atoms with Crippen LogP contribution >= 0.6 is 0 Å². The summed E-state index contributed by atoms with van der Waals surface area (Å²) in [5, 5.41) is 5.99. The Kier molecular flexibility index (Phi) is 6.84. The van der Waals surface area contributed by atoms with Crippen molar-refractivity contribution < 1.29 is 14.3 Å². The van der Waals surface area contributed by atoms with Crippen LogP contribution in [0.4, 0.5) is 10.5 Å². The smallest absolute Gasteiger partial charge is 0.410 e. The Morgan fingerprint density at radius 3 is 2.21 bits per heavy atom. The average Bonchev–Trinajstić information content (AvgIpc) is 3.20. The molecule has 0 spiro atoms. The van der Waals surface area contributed by atoms with Crippen molar-refractivity contribution in [1.29, 1.82) is 0 Å². The second kappa shape index (κ2) is 9.38. The van der Waals surface area contributed by atoms with Crippen LogP contribution in [0.1, 0.15) is 71.9 Å². The Balaban J connectivity index is 1.34. The third kappa shape index (κ3) is 5.33. The standard InChI is InChI=1S/C26H41N5O3/c1-25(2,3)34-24(32)30-13-11-29(12-14-30)19-7-9-20(10-8-19)31-17-18-15-22(27)21(16-23(18)28-31)26(4,5)33-6/h15-17,19-20H,7-14,27H2,1-6H3. The van der Waals surface area contributed by atoms with Crippen LogP contribution in [0.2, 0.25) is 0 Å². The zero-order valence-corrected chi connectivity index (χ0v) is 21.6. The number of anilines is 1. The molecule has 2 aromatic rings. The van der Waals surface area contributed by atoms with Gasteiger partial charge in [0.2, 0.25) is 0 Å². The van der Waals surface area contributed by atoms with E-state index in [1.165, 1.54) is 0 Å². The number of ether oxygens (including phenoxy) is 2. The summed E-state index contributed by atoms with van der Waals surface area (Å²) in [6.45, 7) is 13.1. The molecule has 0 unspecified atom stereocenters. The first kappa shape index (κ1) is 24.8. The number of carbonyl (C=O) groups is 1. The molecule has 0 bridgehead atoms. The number of benzene rings is 1. The lowest BCUT2D eigenvalue weighted by atomic mass is 9.90. The zero-order valence-electron chi connectivity index (χ0n) is 21.6. The molecule has 8 heteroatoms. The SMILES string of the molecule is COC(C)(C)c1cc2nn(C3CCC(N4CCN(C(=O)OC(C)(C)C)CC4)CC3)cc2cc1N. The molecule has 2 heterocycles. The molecule has 1 saturated carbocycles. The second-order valence-corrected chi connectivity index (χ2v) is 11.3. The van der Waals surface area contributed by atoms with Gasteiger partial charge < -0.3 is 20.1 Å². The van der Waals surface area contributed by atoms with Crippen molar-refractivity contribution in [3.63, 3.8) is 0 Å². The van der Waals surface area contributed by atoms with Crippen molar-refractivity contribution >= 4 is 22.7 Å². The van der Waals surface area contributed by atoms with E-state index in [-0.39, 0.29) is 6.09 Å². The van der Waals surface area contributed by atoms with Crippen molar-refractivity contribution in [3.05, 3.63) is 23.9 Å². The highest BCUT2D eigenvalue weighted by Gasteiger charge is 2.32. The van der Waals surface area contributed by atoms with Crippen LogP contribution in [-0.2, 0) is 15.1 Å². The normalized spacial score (nSPS) is 22.8. The largest absolute Gasteiger partial charge is 0.444 e. The molecule has 1 aromatic carbocycles. The highest BCUT2D eigenvalue weighted by atomic mass is 16.6. The van der Waals surface area contributed by atoms with Gasteiger partial charge in [-0.2, -0.15) is 5.10 Å². The molecule has 1 aliphatic carbocycles. The van der Waals surface area contributed by atoms with E-state index in [1.54, 1.807) is 7.11 Å². The van der Waals surface area contributed by atoms with Crippen molar-refractivity contribution in [2.24, 2.45) is 0 Å². The van der Waals surface area contributed by atoms with Crippen molar-refractivity contribution in [3.8, 4) is 0 Å². The number of amides is 1. The molecule has 188 valence electrons. The van der Waals surface area contributed by atoms with Crippen LogP contribution in [0.3, 0.4) is 0 Å². The number of hydrogen-bond acceptors (Lipinski definition) is 6. The molecular formula is C26H41N5O3. The van der Waals surface area contributed by atoms with Gasteiger partial charge in [-0.25, -0.2) is 4.79 Å². The van der Waals surface area contributed by atoms with Crippen LogP contribution in [-0.4, -0.2) is 70.6 Å². The minimum absolute atomic E-state index is 0.195. The zero-order chi connectivity index (χ0) is 24.7. The van der Waals surface area contributed by atoms with Gasteiger partial charge in [0.05, 0.1) is 17.2 Å². The molecule has 0 radical (unpaired) electrons. The topological polar surface area (TPSA) is 85.8 Å². The maximum Gasteiger partial charge on any atom is 0.410 e. The molecular weight excluding hydrogens is 430 g/mol. The first-order chi connectivity index (χ1) is 16.0. The Labute approximate surface area is 203 Å². The molecule has 8 nitrogen and oxygen atoms in total. The molecule has 4 rings (SSSR count). The highest BCUT2D eigenvalue weighted by molar-refractivity contribution is 5.83. The lowest BCUT2D eigenvalue weighted by Gasteiger charge is -2.42. The number of methoxy groups -OCH3 is 1. The number of fused-ring (bicyclic) bond motifs is 1. The van der Waals surface area contributed by atoms with E-state index in [1.807, 2.05) is 45.6 Å². The number of hydrogen-bond donors (Lipinski definition) is 1. The maximum absolute atomic E-state index is 12.3. The van der Waals surface area contributed by atoms with Gasteiger partial charge in [0.25, 0.3) is 0 Å². The van der Waals surface area contributed by atoms with Crippen molar-refractivity contribution in [1.82, 2.24) is 19.6 Å². The monoisotopic (exact) mass is 471 g/mol. The second-order valence-electron chi connectivity index (χ2n) is 11.3. The molecule has 1 saturated heterocycles. The van der Waals surface area contributed by atoms with E-state index in [0.29, 0.717) is 12.1 Å². The number of nitrogen functional groups attached to an aromatic ring is 1. The lowest BCUT2D eigenvalue weighted by Crippen LogP contribution is -2.53. The molecule has 1 amide bonds. The molecule has 2 fully saturated rings. The summed E-state index contributed by atoms with van der Waals surface area (Å²) < 4.78 is 13.3. The van der Waals surface area contributed by atoms with E-state index < -0.39 is 11.2 Å². The molecule has 2 aliphatic rings. The molecule has 1 aromatic heterocycles. The Morgan fingerprint density at radius 2 is 1.62 bits per heavy atom. The van der Waals surface area contributed by atoms with Gasteiger partial charge in [0, 0.05) is 62.2 Å². The Morgan fingerprint density at radius 1 is 1.00 bits per heavy atom. The summed E-state index contributed by atoms with van der Waals surface area (Å²) in [5.74, 6) is 0. The van der Waals surface area contributed by atoms with Gasteiger partial charge in [-0.05, 0) is 72.4 Å². The predicted octanol–water partition coefficient (Wildman–Crippen LogP) is 4.54. The molecule has 0 atom stereocenters. The van der Waals surface area contributed by atoms with Crippen molar-refractivity contribution in [2.45, 2.75) is 83.6 Å². The van der Waals surface area contributed by atoms with Gasteiger partial charge >= 0.3 is 6.09 Å². The predicted molar refractivity (Wildman–Crippen MR) is 135 cm³/mol. The van der Waals surface area contributed by atoms with Crippen LogP contribution < -0.4 is 5.73 Å². The number of rotatable bonds is 4. The third-order valence-electron chi connectivity index (χ3n) is 7.38. The van der Waals surface area contributed by atoms with Crippen LogP contribution in [0.25, 0.3) is 10.9 Å². The number of carbonyl (C=O) groups excluding carboxylic acids is 1. The van der Waals surface area contributed by atoms with Crippen LogP contribution in [0.15, 0.2) is 18.3 Å². The number of nitrogens with zero attached hydrogens (tertiary/aromatic N) is 4. The summed E-state index contributed by atoms with van der Waals surface area (Å²) >= 11 is 0. The van der Waals surface area contributed by atoms with Gasteiger partial charge in [-0.15, -0.1) is 0 Å². The molecule has 1 aliphatic heterocycles. The van der Waals surface area contributed by atoms with Crippen molar-refractivity contribution in [2.75, 3.05) is 39.0 Å². The Bertz CT molecular complexity index is 1010. The first-order valence-electron chi connectivity index (χ1n) is 12.5. The lowest BCUT2D eigenvalue weighted by molar-refractivity contribution is 0.00721. The van der Waals surface area contributed by atoms with E-state index in [0.717, 1.165) is 74.0 Å².